The van der Waals surface area contributed by atoms with Crippen molar-refractivity contribution in [2.24, 2.45) is 0 Å². The van der Waals surface area contributed by atoms with Crippen LogP contribution in [0.5, 0.6) is 0 Å². The molecule has 1 aromatic carbocycles. The monoisotopic (exact) mass is 412 g/mol. The van der Waals surface area contributed by atoms with Crippen LogP contribution < -0.4 is 0 Å². The number of carbonyl (C=O) groups is 2. The van der Waals surface area contributed by atoms with E-state index in [1.807, 2.05) is 34.9 Å². The summed E-state index contributed by atoms with van der Waals surface area (Å²) in [6.45, 7) is 5.32. The molecule has 0 bridgehead atoms. The number of rotatable bonds is 8. The van der Waals surface area contributed by atoms with Crippen LogP contribution in [0.3, 0.4) is 0 Å². The second kappa shape index (κ2) is 10.6. The number of amides is 2. The maximum absolute atomic E-state index is 13.4. The molecule has 2 aromatic rings. The van der Waals surface area contributed by atoms with Crippen molar-refractivity contribution in [3.63, 3.8) is 0 Å². The van der Waals surface area contributed by atoms with Gasteiger partial charge < -0.3 is 9.80 Å². The SMILES string of the molecule is CCC(=O)N(CC(=O)N(Cc1ccccc1)Cc1ccc(C)s1)C1CCCCC1. The highest BCUT2D eigenvalue weighted by Gasteiger charge is 2.28. The lowest BCUT2D eigenvalue weighted by molar-refractivity contribution is -0.143. The number of benzene rings is 1. The van der Waals surface area contributed by atoms with Crippen molar-refractivity contribution in [1.82, 2.24) is 9.80 Å². The van der Waals surface area contributed by atoms with Crippen LogP contribution in [0.4, 0.5) is 0 Å². The Hall–Kier alpha value is -2.14. The van der Waals surface area contributed by atoms with Gasteiger partial charge in [-0.05, 0) is 37.5 Å². The van der Waals surface area contributed by atoms with E-state index in [1.54, 1.807) is 11.3 Å². The normalized spacial score (nSPS) is 14.6. The minimum atomic E-state index is 0.0345. The summed E-state index contributed by atoms with van der Waals surface area (Å²) in [5.41, 5.74) is 1.11. The first-order valence-electron chi connectivity index (χ1n) is 10.7. The molecule has 0 aliphatic heterocycles. The molecule has 4 nitrogen and oxygen atoms in total. The second-order valence-electron chi connectivity index (χ2n) is 7.91. The van der Waals surface area contributed by atoms with Gasteiger partial charge in [-0.15, -0.1) is 11.3 Å². The van der Waals surface area contributed by atoms with Crippen molar-refractivity contribution in [3.05, 3.63) is 57.8 Å². The molecule has 1 heterocycles. The van der Waals surface area contributed by atoms with E-state index < -0.39 is 0 Å². The van der Waals surface area contributed by atoms with Crippen LogP contribution in [0.25, 0.3) is 0 Å². The Morgan fingerprint density at radius 3 is 2.31 bits per heavy atom. The summed E-state index contributed by atoms with van der Waals surface area (Å²) in [5.74, 6) is 0.129. The molecule has 3 rings (SSSR count). The summed E-state index contributed by atoms with van der Waals surface area (Å²) in [6, 6.07) is 14.5. The van der Waals surface area contributed by atoms with Crippen molar-refractivity contribution in [2.45, 2.75) is 71.5 Å². The molecule has 0 radical (unpaired) electrons. The Morgan fingerprint density at radius 2 is 1.69 bits per heavy atom. The first kappa shape index (κ1) is 21.6. The van der Waals surface area contributed by atoms with Crippen LogP contribution in [0.1, 0.15) is 60.8 Å². The molecule has 0 saturated heterocycles. The fourth-order valence-electron chi connectivity index (χ4n) is 4.06. The number of nitrogens with zero attached hydrogens (tertiary/aromatic N) is 2. The van der Waals surface area contributed by atoms with E-state index in [4.69, 9.17) is 0 Å². The van der Waals surface area contributed by atoms with Crippen molar-refractivity contribution in [1.29, 1.82) is 0 Å². The molecule has 1 fully saturated rings. The topological polar surface area (TPSA) is 40.6 Å². The first-order chi connectivity index (χ1) is 14.1. The number of aryl methyl sites for hydroxylation is 1. The Balaban J connectivity index is 1.76. The first-order valence-corrected chi connectivity index (χ1v) is 11.5. The van der Waals surface area contributed by atoms with Crippen molar-refractivity contribution < 1.29 is 9.59 Å². The van der Waals surface area contributed by atoms with Gasteiger partial charge in [0.05, 0.1) is 6.54 Å². The average molecular weight is 413 g/mol. The highest BCUT2D eigenvalue weighted by molar-refractivity contribution is 7.11. The van der Waals surface area contributed by atoms with Gasteiger partial charge in [-0.2, -0.15) is 0 Å². The van der Waals surface area contributed by atoms with Crippen LogP contribution in [0.2, 0.25) is 0 Å². The predicted molar refractivity (Wildman–Crippen MR) is 119 cm³/mol. The van der Waals surface area contributed by atoms with E-state index in [0.29, 0.717) is 19.5 Å². The van der Waals surface area contributed by atoms with Gasteiger partial charge in [0.15, 0.2) is 0 Å². The quantitative estimate of drug-likeness (QED) is 0.601. The van der Waals surface area contributed by atoms with E-state index in [9.17, 15) is 9.59 Å². The van der Waals surface area contributed by atoms with E-state index in [1.165, 1.54) is 16.2 Å². The van der Waals surface area contributed by atoms with Crippen LogP contribution >= 0.6 is 11.3 Å². The molecule has 0 atom stereocenters. The smallest absolute Gasteiger partial charge is 0.242 e. The van der Waals surface area contributed by atoms with Crippen molar-refractivity contribution in [2.75, 3.05) is 6.54 Å². The van der Waals surface area contributed by atoms with Crippen molar-refractivity contribution >= 4 is 23.2 Å². The van der Waals surface area contributed by atoms with Gasteiger partial charge in [0.2, 0.25) is 11.8 Å². The zero-order valence-corrected chi connectivity index (χ0v) is 18.4. The number of thiophene rings is 1. The van der Waals surface area contributed by atoms with Gasteiger partial charge in [0, 0.05) is 28.8 Å². The van der Waals surface area contributed by atoms with E-state index in [0.717, 1.165) is 31.2 Å². The molecule has 5 heteroatoms. The summed E-state index contributed by atoms with van der Waals surface area (Å²) in [4.78, 5) is 32.2. The van der Waals surface area contributed by atoms with Gasteiger partial charge in [-0.25, -0.2) is 0 Å². The fourth-order valence-corrected chi connectivity index (χ4v) is 4.96. The summed E-state index contributed by atoms with van der Waals surface area (Å²) < 4.78 is 0. The van der Waals surface area contributed by atoms with Crippen molar-refractivity contribution in [3.8, 4) is 0 Å². The van der Waals surface area contributed by atoms with Crippen LogP contribution in [-0.2, 0) is 22.7 Å². The average Bonchev–Trinajstić information content (AvgIpc) is 3.17. The maximum Gasteiger partial charge on any atom is 0.242 e. The Morgan fingerprint density at radius 1 is 0.966 bits per heavy atom. The number of hydrogen-bond acceptors (Lipinski definition) is 3. The Bertz CT molecular complexity index is 796. The van der Waals surface area contributed by atoms with E-state index in [-0.39, 0.29) is 24.4 Å². The van der Waals surface area contributed by atoms with Gasteiger partial charge in [-0.3, -0.25) is 9.59 Å². The molecular weight excluding hydrogens is 380 g/mol. The second-order valence-corrected chi connectivity index (χ2v) is 9.29. The number of hydrogen-bond donors (Lipinski definition) is 0. The zero-order chi connectivity index (χ0) is 20.6. The summed E-state index contributed by atoms with van der Waals surface area (Å²) in [5, 5.41) is 0. The van der Waals surface area contributed by atoms with Gasteiger partial charge in [0.25, 0.3) is 0 Å². The molecule has 1 saturated carbocycles. The van der Waals surface area contributed by atoms with Gasteiger partial charge in [0.1, 0.15) is 6.54 Å². The van der Waals surface area contributed by atoms with Gasteiger partial charge >= 0.3 is 0 Å². The van der Waals surface area contributed by atoms with E-state index >= 15 is 0 Å². The zero-order valence-electron chi connectivity index (χ0n) is 17.6. The highest BCUT2D eigenvalue weighted by Crippen LogP contribution is 2.24. The van der Waals surface area contributed by atoms with E-state index in [2.05, 4.69) is 31.2 Å². The summed E-state index contributed by atoms with van der Waals surface area (Å²) in [6.07, 6.45) is 6.01. The molecule has 0 spiro atoms. The largest absolute Gasteiger partial charge is 0.332 e. The molecule has 0 N–H and O–H groups in total. The molecule has 0 unspecified atom stereocenters. The summed E-state index contributed by atoms with van der Waals surface area (Å²) >= 11 is 1.73. The standard InChI is InChI=1S/C24H32N2O2S/c1-3-23(27)26(21-12-8-5-9-13-21)18-24(28)25(16-20-10-6-4-7-11-20)17-22-15-14-19(2)29-22/h4,6-7,10-11,14-15,21H,3,5,8-9,12-13,16-18H2,1-2H3. The van der Waals surface area contributed by atoms with Crippen LogP contribution in [0.15, 0.2) is 42.5 Å². The molecule has 1 aliphatic rings. The molecule has 1 aromatic heterocycles. The third-order valence-electron chi connectivity index (χ3n) is 5.66. The lowest BCUT2D eigenvalue weighted by Crippen LogP contribution is -2.47. The maximum atomic E-state index is 13.4. The third kappa shape index (κ3) is 6.17. The Kier molecular flexibility index (Phi) is 7.87. The molecule has 29 heavy (non-hydrogen) atoms. The predicted octanol–water partition coefficient (Wildman–Crippen LogP) is 5.16. The van der Waals surface area contributed by atoms with Gasteiger partial charge in [-0.1, -0.05) is 56.5 Å². The molecule has 156 valence electrons. The molecular formula is C24H32N2O2S. The number of carbonyl (C=O) groups excluding carboxylic acids is 2. The lowest BCUT2D eigenvalue weighted by Gasteiger charge is -2.35. The van der Waals surface area contributed by atoms with Crippen LogP contribution in [-0.4, -0.2) is 34.2 Å². The fraction of sp³-hybridized carbons (Fsp3) is 0.500. The highest BCUT2D eigenvalue weighted by atomic mass is 32.1. The lowest BCUT2D eigenvalue weighted by atomic mass is 9.94. The molecule has 2 amide bonds. The molecule has 1 aliphatic carbocycles. The minimum absolute atomic E-state index is 0.0345. The third-order valence-corrected chi connectivity index (χ3v) is 6.64. The Labute approximate surface area is 178 Å². The minimum Gasteiger partial charge on any atom is -0.332 e. The van der Waals surface area contributed by atoms with Crippen LogP contribution in [0, 0.1) is 6.92 Å². The summed E-state index contributed by atoms with van der Waals surface area (Å²) in [7, 11) is 0.